The van der Waals surface area contributed by atoms with Crippen LogP contribution in [0.5, 0.6) is 11.5 Å². The molecule has 34 heavy (non-hydrogen) atoms. The van der Waals surface area contributed by atoms with E-state index in [0.717, 1.165) is 22.5 Å². The maximum Gasteiger partial charge on any atom is 0.471 e. The third-order valence-electron chi connectivity index (χ3n) is 6.27. The second-order valence-electron chi connectivity index (χ2n) is 8.52. The van der Waals surface area contributed by atoms with E-state index in [4.69, 9.17) is 4.74 Å². The van der Waals surface area contributed by atoms with E-state index < -0.39 is 24.2 Å². The lowest BCUT2D eigenvalue weighted by Gasteiger charge is -2.42. The Balaban J connectivity index is 1.50. The number of hydrogen-bond acceptors (Lipinski definition) is 4. The van der Waals surface area contributed by atoms with Gasteiger partial charge >= 0.3 is 12.1 Å². The number of carbonyl (C=O) groups is 1. The molecular weight excluding hydrogens is 443 g/mol. The van der Waals surface area contributed by atoms with Crippen molar-refractivity contribution in [2.24, 2.45) is 0 Å². The Labute approximate surface area is 195 Å². The predicted octanol–water partition coefficient (Wildman–Crippen LogP) is 5.79. The van der Waals surface area contributed by atoms with E-state index >= 15 is 0 Å². The van der Waals surface area contributed by atoms with Gasteiger partial charge in [-0.1, -0.05) is 48.5 Å². The molecule has 0 aliphatic carbocycles. The fourth-order valence-corrected chi connectivity index (χ4v) is 4.73. The second-order valence-corrected chi connectivity index (χ2v) is 8.52. The van der Waals surface area contributed by atoms with Gasteiger partial charge in [-0.05, 0) is 42.7 Å². The number of anilines is 2. The van der Waals surface area contributed by atoms with Crippen LogP contribution in [-0.2, 0) is 11.3 Å². The summed E-state index contributed by atoms with van der Waals surface area (Å²) in [5, 5.41) is 5.65. The van der Waals surface area contributed by atoms with E-state index in [1.807, 2.05) is 66.7 Å². The molecular formula is C26H24F3N3O2. The van der Waals surface area contributed by atoms with Gasteiger partial charge < -0.3 is 20.3 Å². The average Bonchev–Trinajstić information content (AvgIpc) is 2.97. The molecule has 1 fully saturated rings. The highest BCUT2D eigenvalue weighted by molar-refractivity contribution is 5.82. The number of fused-ring (bicyclic) bond motifs is 5. The molecule has 176 valence electrons. The van der Waals surface area contributed by atoms with E-state index in [0.29, 0.717) is 37.4 Å². The molecule has 0 spiro atoms. The monoisotopic (exact) mass is 467 g/mol. The molecule has 0 aromatic heterocycles. The summed E-state index contributed by atoms with van der Waals surface area (Å²) in [5.74, 6) is -0.710. The third-order valence-corrected chi connectivity index (χ3v) is 6.27. The number of benzene rings is 3. The number of amides is 1. The smallest absolute Gasteiger partial charge is 0.455 e. The van der Waals surface area contributed by atoms with E-state index in [1.54, 1.807) is 6.07 Å². The Morgan fingerprint density at radius 1 is 1.00 bits per heavy atom. The first-order valence-corrected chi connectivity index (χ1v) is 11.2. The van der Waals surface area contributed by atoms with Gasteiger partial charge in [0.25, 0.3) is 0 Å². The van der Waals surface area contributed by atoms with Gasteiger partial charge in [0.2, 0.25) is 0 Å². The van der Waals surface area contributed by atoms with Crippen LogP contribution < -0.4 is 20.3 Å². The molecule has 2 N–H and O–H groups in total. The lowest BCUT2D eigenvalue weighted by molar-refractivity contribution is -0.174. The summed E-state index contributed by atoms with van der Waals surface area (Å²) in [6.07, 6.45) is -3.85. The average molecular weight is 467 g/mol. The Hall–Kier alpha value is -3.68. The molecule has 2 heterocycles. The van der Waals surface area contributed by atoms with Crippen LogP contribution in [0.3, 0.4) is 0 Å². The molecule has 8 heteroatoms. The minimum Gasteiger partial charge on any atom is -0.455 e. The highest BCUT2D eigenvalue weighted by Crippen LogP contribution is 2.48. The van der Waals surface area contributed by atoms with Crippen molar-refractivity contribution in [3.8, 4) is 11.5 Å². The Kier molecular flexibility index (Phi) is 5.81. The molecule has 0 unspecified atom stereocenters. The van der Waals surface area contributed by atoms with Crippen LogP contribution in [0.1, 0.15) is 30.0 Å². The molecule has 1 amide bonds. The Morgan fingerprint density at radius 3 is 2.56 bits per heavy atom. The number of nitrogens with one attached hydrogen (secondary N) is 2. The van der Waals surface area contributed by atoms with E-state index in [-0.39, 0.29) is 0 Å². The number of alkyl halides is 3. The van der Waals surface area contributed by atoms with Crippen molar-refractivity contribution in [2.75, 3.05) is 16.8 Å². The van der Waals surface area contributed by atoms with Crippen LogP contribution in [0.25, 0.3) is 0 Å². The SMILES string of the molecule is O=C(N[C@@H]1CCCN2c3cc(NCc4ccccc4)ccc3Oc3ccccc3[C@@H]12)C(F)(F)F. The second kappa shape index (κ2) is 8.93. The van der Waals surface area contributed by atoms with Gasteiger partial charge in [-0.3, -0.25) is 4.79 Å². The topological polar surface area (TPSA) is 53.6 Å². The van der Waals surface area contributed by atoms with Crippen molar-refractivity contribution in [3.05, 3.63) is 83.9 Å². The first kappa shape index (κ1) is 22.1. The number of para-hydroxylation sites is 1. The van der Waals surface area contributed by atoms with Crippen molar-refractivity contribution in [2.45, 2.75) is 37.6 Å². The Morgan fingerprint density at radius 2 is 1.76 bits per heavy atom. The summed E-state index contributed by atoms with van der Waals surface area (Å²) >= 11 is 0. The van der Waals surface area contributed by atoms with Gasteiger partial charge in [-0.15, -0.1) is 0 Å². The van der Waals surface area contributed by atoms with Crippen molar-refractivity contribution >= 4 is 17.3 Å². The summed E-state index contributed by atoms with van der Waals surface area (Å²) in [6.45, 7) is 1.27. The number of nitrogens with zero attached hydrogens (tertiary/aromatic N) is 1. The number of halogens is 3. The predicted molar refractivity (Wildman–Crippen MR) is 124 cm³/mol. The fourth-order valence-electron chi connectivity index (χ4n) is 4.73. The zero-order valence-electron chi connectivity index (χ0n) is 18.3. The molecule has 3 aromatic rings. The van der Waals surface area contributed by atoms with Gasteiger partial charge in [0, 0.05) is 24.3 Å². The van der Waals surface area contributed by atoms with E-state index in [9.17, 15) is 18.0 Å². The third kappa shape index (κ3) is 4.40. The van der Waals surface area contributed by atoms with Crippen LogP contribution in [0.15, 0.2) is 72.8 Å². The molecule has 2 atom stereocenters. The van der Waals surface area contributed by atoms with Crippen LogP contribution >= 0.6 is 0 Å². The van der Waals surface area contributed by atoms with Crippen LogP contribution in [-0.4, -0.2) is 24.7 Å². The first-order valence-electron chi connectivity index (χ1n) is 11.2. The van der Waals surface area contributed by atoms with Crippen LogP contribution in [0.4, 0.5) is 24.5 Å². The maximum atomic E-state index is 13.1. The minimum atomic E-state index is -4.94. The molecule has 5 rings (SSSR count). The quantitative estimate of drug-likeness (QED) is 0.510. The summed E-state index contributed by atoms with van der Waals surface area (Å²) in [4.78, 5) is 13.9. The zero-order chi connectivity index (χ0) is 23.7. The standard InChI is InChI=1S/C26H24F3N3O2/c27-26(28,29)25(33)31-20-10-6-14-32-21-15-18(30-16-17-7-2-1-3-8-17)12-13-23(21)34-22-11-5-4-9-19(22)24(20)32/h1-5,7-9,11-13,15,20,24,30H,6,10,14,16H2,(H,31,33)/t20-,24+/m1/s1. The lowest BCUT2D eigenvalue weighted by atomic mass is 9.89. The van der Waals surface area contributed by atoms with Crippen molar-refractivity contribution in [1.29, 1.82) is 0 Å². The lowest BCUT2D eigenvalue weighted by Crippen LogP contribution is -2.52. The largest absolute Gasteiger partial charge is 0.471 e. The Bertz CT molecular complexity index is 1180. The first-order chi connectivity index (χ1) is 16.4. The molecule has 5 nitrogen and oxygen atoms in total. The molecule has 0 radical (unpaired) electrons. The summed E-state index contributed by atoms with van der Waals surface area (Å²) in [5.41, 5.74) is 3.54. The summed E-state index contributed by atoms with van der Waals surface area (Å²) in [7, 11) is 0. The molecule has 1 saturated heterocycles. The van der Waals surface area contributed by atoms with Crippen molar-refractivity contribution in [1.82, 2.24) is 5.32 Å². The van der Waals surface area contributed by atoms with E-state index in [2.05, 4.69) is 15.5 Å². The molecule has 0 saturated carbocycles. The van der Waals surface area contributed by atoms with Gasteiger partial charge in [-0.25, -0.2) is 0 Å². The number of rotatable bonds is 4. The van der Waals surface area contributed by atoms with Gasteiger partial charge in [0.15, 0.2) is 5.75 Å². The highest BCUT2D eigenvalue weighted by atomic mass is 19.4. The normalized spacial score (nSPS) is 19.1. The summed E-state index contributed by atoms with van der Waals surface area (Å²) < 4.78 is 45.4. The maximum absolute atomic E-state index is 13.1. The molecule has 2 aliphatic rings. The van der Waals surface area contributed by atoms with Crippen molar-refractivity contribution in [3.63, 3.8) is 0 Å². The molecule has 2 aliphatic heterocycles. The van der Waals surface area contributed by atoms with Gasteiger partial charge in [-0.2, -0.15) is 13.2 Å². The molecule has 3 aromatic carbocycles. The minimum absolute atomic E-state index is 0.443. The van der Waals surface area contributed by atoms with Crippen molar-refractivity contribution < 1.29 is 22.7 Å². The fraction of sp³-hybridized carbons (Fsp3) is 0.269. The number of ether oxygens (including phenoxy) is 1. The number of piperidine rings is 1. The number of carbonyl (C=O) groups excluding carboxylic acids is 1. The molecule has 0 bridgehead atoms. The summed E-state index contributed by atoms with van der Waals surface area (Å²) in [6, 6.07) is 21.9. The van der Waals surface area contributed by atoms with Crippen LogP contribution in [0, 0.1) is 0 Å². The van der Waals surface area contributed by atoms with E-state index in [1.165, 1.54) is 0 Å². The van der Waals surface area contributed by atoms with Gasteiger partial charge in [0.05, 0.1) is 17.8 Å². The zero-order valence-corrected chi connectivity index (χ0v) is 18.3. The van der Waals surface area contributed by atoms with Crippen LogP contribution in [0.2, 0.25) is 0 Å². The van der Waals surface area contributed by atoms with Gasteiger partial charge in [0.1, 0.15) is 5.75 Å². The number of hydrogen-bond donors (Lipinski definition) is 2. The highest BCUT2D eigenvalue weighted by Gasteiger charge is 2.44.